The van der Waals surface area contributed by atoms with Gasteiger partial charge in [-0.05, 0) is 38.2 Å². The molecule has 0 aliphatic carbocycles. The van der Waals surface area contributed by atoms with Crippen molar-refractivity contribution in [3.8, 4) is 0 Å². The average Bonchev–Trinajstić information content (AvgIpc) is 3.08. The number of benzene rings is 2. The standard InChI is InChI=1S/C21H25FN4O/c1-24-11-10-17(15-24)23-21(27)26-13-12-25(19-8-4-5-9-20(19)26)14-16-6-2-3-7-18(16)22/h2-9,17H,10-15H2,1H3,(H,23,27)/t17-/m1/s1. The van der Waals surface area contributed by atoms with Gasteiger partial charge in [-0.1, -0.05) is 30.3 Å². The maximum atomic E-state index is 14.1. The van der Waals surface area contributed by atoms with Gasteiger partial charge in [0.15, 0.2) is 0 Å². The lowest BCUT2D eigenvalue weighted by Gasteiger charge is -2.38. The number of anilines is 2. The van der Waals surface area contributed by atoms with Crippen molar-refractivity contribution in [1.29, 1.82) is 0 Å². The molecule has 5 nitrogen and oxygen atoms in total. The van der Waals surface area contributed by atoms with Gasteiger partial charge >= 0.3 is 6.03 Å². The molecule has 0 bridgehead atoms. The fourth-order valence-electron chi connectivity index (χ4n) is 3.93. The van der Waals surface area contributed by atoms with Crippen LogP contribution < -0.4 is 15.1 Å². The van der Waals surface area contributed by atoms with Gasteiger partial charge in [-0.25, -0.2) is 9.18 Å². The third-order valence-corrected chi connectivity index (χ3v) is 5.39. The molecule has 1 fully saturated rings. The van der Waals surface area contributed by atoms with Crippen LogP contribution in [0.15, 0.2) is 48.5 Å². The number of para-hydroxylation sites is 2. The number of nitrogens with one attached hydrogen (secondary N) is 1. The Morgan fingerprint density at radius 3 is 2.56 bits per heavy atom. The Hall–Kier alpha value is -2.60. The normalized spacial score (nSPS) is 19.9. The Morgan fingerprint density at radius 1 is 1.07 bits per heavy atom. The molecular formula is C21H25FN4O. The lowest BCUT2D eigenvalue weighted by Crippen LogP contribution is -2.50. The van der Waals surface area contributed by atoms with Crippen molar-refractivity contribution in [3.63, 3.8) is 0 Å². The van der Waals surface area contributed by atoms with Crippen molar-refractivity contribution in [3.05, 3.63) is 59.9 Å². The van der Waals surface area contributed by atoms with Crippen molar-refractivity contribution in [1.82, 2.24) is 10.2 Å². The van der Waals surface area contributed by atoms with Crippen molar-refractivity contribution in [2.45, 2.75) is 19.0 Å². The molecule has 4 rings (SSSR count). The summed E-state index contributed by atoms with van der Waals surface area (Å²) in [6.07, 6.45) is 0.983. The van der Waals surface area contributed by atoms with E-state index in [4.69, 9.17) is 0 Å². The maximum Gasteiger partial charge on any atom is 0.322 e. The number of carbonyl (C=O) groups is 1. The van der Waals surface area contributed by atoms with E-state index < -0.39 is 0 Å². The SMILES string of the molecule is CN1CC[C@@H](NC(=O)N2CCN(Cc3ccccc3F)c3ccccc32)C1. The number of hydrogen-bond acceptors (Lipinski definition) is 3. The van der Waals surface area contributed by atoms with Crippen LogP contribution in [0.2, 0.25) is 0 Å². The van der Waals surface area contributed by atoms with Crippen LogP contribution in [0.5, 0.6) is 0 Å². The largest absolute Gasteiger partial charge is 0.364 e. The maximum absolute atomic E-state index is 14.1. The zero-order chi connectivity index (χ0) is 18.8. The van der Waals surface area contributed by atoms with E-state index in [1.54, 1.807) is 6.07 Å². The van der Waals surface area contributed by atoms with Crippen LogP contribution in [-0.4, -0.2) is 50.2 Å². The molecule has 6 heteroatoms. The number of halogens is 1. The van der Waals surface area contributed by atoms with Crippen LogP contribution >= 0.6 is 0 Å². The molecule has 2 aromatic carbocycles. The molecule has 1 saturated heterocycles. The molecule has 2 aliphatic heterocycles. The van der Waals surface area contributed by atoms with Crippen LogP contribution in [-0.2, 0) is 6.54 Å². The van der Waals surface area contributed by atoms with Gasteiger partial charge < -0.3 is 15.1 Å². The Morgan fingerprint density at radius 2 is 1.81 bits per heavy atom. The third kappa shape index (κ3) is 3.76. The summed E-state index contributed by atoms with van der Waals surface area (Å²) in [6, 6.07) is 14.9. The number of likely N-dealkylation sites (N-methyl/N-ethyl adjacent to an activating group) is 1. The van der Waals surface area contributed by atoms with E-state index in [9.17, 15) is 9.18 Å². The summed E-state index contributed by atoms with van der Waals surface area (Å²) < 4.78 is 14.1. The summed E-state index contributed by atoms with van der Waals surface area (Å²) in [5.41, 5.74) is 2.51. The number of nitrogens with zero attached hydrogens (tertiary/aromatic N) is 3. The average molecular weight is 368 g/mol. The van der Waals surface area contributed by atoms with E-state index >= 15 is 0 Å². The quantitative estimate of drug-likeness (QED) is 0.905. The second-order valence-corrected chi connectivity index (χ2v) is 7.35. The van der Waals surface area contributed by atoms with Gasteiger partial charge in [0.05, 0.1) is 11.4 Å². The molecular weight excluding hydrogens is 343 g/mol. The summed E-state index contributed by atoms with van der Waals surface area (Å²) >= 11 is 0. The van der Waals surface area contributed by atoms with Crippen molar-refractivity contribution >= 4 is 17.4 Å². The molecule has 0 radical (unpaired) electrons. The van der Waals surface area contributed by atoms with Crippen LogP contribution in [0.4, 0.5) is 20.6 Å². The Bertz CT molecular complexity index is 827. The molecule has 2 amide bonds. The number of urea groups is 1. The van der Waals surface area contributed by atoms with Crippen LogP contribution in [0.25, 0.3) is 0 Å². The highest BCUT2D eigenvalue weighted by molar-refractivity contribution is 5.97. The van der Waals surface area contributed by atoms with E-state index in [0.717, 1.165) is 30.9 Å². The van der Waals surface area contributed by atoms with Crippen molar-refractivity contribution in [2.75, 3.05) is 43.0 Å². The first-order valence-electron chi connectivity index (χ1n) is 9.46. The lowest BCUT2D eigenvalue weighted by atomic mass is 10.1. The monoisotopic (exact) mass is 368 g/mol. The number of likely N-dealkylation sites (tertiary alicyclic amines) is 1. The first-order chi connectivity index (χ1) is 13.1. The van der Waals surface area contributed by atoms with Gasteiger partial charge in [0.2, 0.25) is 0 Å². The van der Waals surface area contributed by atoms with Crippen molar-refractivity contribution < 1.29 is 9.18 Å². The molecule has 1 N–H and O–H groups in total. The van der Waals surface area contributed by atoms with Gasteiger partial charge in [0.25, 0.3) is 0 Å². The summed E-state index contributed by atoms with van der Waals surface area (Å²) in [5, 5.41) is 3.16. The second-order valence-electron chi connectivity index (χ2n) is 7.35. The molecule has 27 heavy (non-hydrogen) atoms. The number of hydrogen-bond donors (Lipinski definition) is 1. The first kappa shape index (κ1) is 17.8. The fourth-order valence-corrected chi connectivity index (χ4v) is 3.93. The number of amides is 2. The highest BCUT2D eigenvalue weighted by atomic mass is 19.1. The van der Waals surface area contributed by atoms with Gasteiger partial charge in [-0.3, -0.25) is 4.90 Å². The van der Waals surface area contributed by atoms with Gasteiger partial charge in [0.1, 0.15) is 5.82 Å². The molecule has 0 aromatic heterocycles. The number of rotatable bonds is 3. The second kappa shape index (κ2) is 7.56. The van der Waals surface area contributed by atoms with E-state index in [1.165, 1.54) is 6.07 Å². The first-order valence-corrected chi connectivity index (χ1v) is 9.46. The Balaban J connectivity index is 1.52. The minimum absolute atomic E-state index is 0.0479. The van der Waals surface area contributed by atoms with Gasteiger partial charge in [-0.2, -0.15) is 0 Å². The summed E-state index contributed by atoms with van der Waals surface area (Å²) in [7, 11) is 2.07. The molecule has 0 spiro atoms. The van der Waals surface area contributed by atoms with E-state index in [2.05, 4.69) is 22.2 Å². The highest BCUT2D eigenvalue weighted by Gasteiger charge is 2.29. The molecule has 2 aliphatic rings. The Labute approximate surface area is 159 Å². The van der Waals surface area contributed by atoms with Crippen LogP contribution in [0, 0.1) is 5.82 Å². The molecule has 2 aromatic rings. The molecule has 0 unspecified atom stereocenters. The fraction of sp³-hybridized carbons (Fsp3) is 0.381. The zero-order valence-corrected chi connectivity index (χ0v) is 15.6. The lowest BCUT2D eigenvalue weighted by molar-refractivity contribution is 0.242. The zero-order valence-electron chi connectivity index (χ0n) is 15.6. The minimum atomic E-state index is -0.194. The van der Waals surface area contributed by atoms with E-state index in [1.807, 2.05) is 41.3 Å². The van der Waals surface area contributed by atoms with Crippen molar-refractivity contribution in [2.24, 2.45) is 0 Å². The van der Waals surface area contributed by atoms with E-state index in [-0.39, 0.29) is 17.9 Å². The smallest absolute Gasteiger partial charge is 0.322 e. The number of carbonyl (C=O) groups excluding carboxylic acids is 1. The molecule has 1 atom stereocenters. The highest BCUT2D eigenvalue weighted by Crippen LogP contribution is 2.34. The summed E-state index contributed by atoms with van der Waals surface area (Å²) in [4.78, 5) is 19.0. The van der Waals surface area contributed by atoms with E-state index in [0.29, 0.717) is 25.2 Å². The third-order valence-electron chi connectivity index (χ3n) is 5.39. The number of fused-ring (bicyclic) bond motifs is 1. The summed E-state index contributed by atoms with van der Waals surface area (Å²) in [6.45, 7) is 3.65. The predicted molar refractivity (Wildman–Crippen MR) is 106 cm³/mol. The topological polar surface area (TPSA) is 38.8 Å². The molecule has 0 saturated carbocycles. The van der Waals surface area contributed by atoms with Crippen LogP contribution in [0.1, 0.15) is 12.0 Å². The predicted octanol–water partition coefficient (Wildman–Crippen LogP) is 3.07. The van der Waals surface area contributed by atoms with Gasteiger partial charge in [-0.15, -0.1) is 0 Å². The summed E-state index contributed by atoms with van der Waals surface area (Å²) in [5.74, 6) is -0.194. The molecule has 142 valence electrons. The van der Waals surface area contributed by atoms with Crippen LogP contribution in [0.3, 0.4) is 0 Å². The van der Waals surface area contributed by atoms with Gasteiger partial charge in [0, 0.05) is 37.8 Å². The molecule has 2 heterocycles. The Kier molecular flexibility index (Phi) is 4.99. The minimum Gasteiger partial charge on any atom is -0.364 e.